The lowest BCUT2D eigenvalue weighted by molar-refractivity contribution is -0.136. The van der Waals surface area contributed by atoms with Crippen LogP contribution in [0.25, 0.3) is 5.57 Å². The van der Waals surface area contributed by atoms with Crippen molar-refractivity contribution in [3.05, 3.63) is 69.0 Å². The number of nitrogens with zero attached hydrogens (tertiary/aromatic N) is 1. The Hall–Kier alpha value is -1.75. The molecule has 0 aromatic heterocycles. The molecule has 27 heavy (non-hydrogen) atoms. The minimum atomic E-state index is -0.241. The molecule has 0 bridgehead atoms. The summed E-state index contributed by atoms with van der Waals surface area (Å²) in [5, 5.41) is 1.21. The molecule has 2 aromatic rings. The lowest BCUT2D eigenvalue weighted by Gasteiger charge is -2.14. The average molecular weight is 420 g/mol. The van der Waals surface area contributed by atoms with Crippen LogP contribution in [0.5, 0.6) is 0 Å². The molecule has 6 heteroatoms. The standard InChI is InChI=1S/C21H19Cl2NO2S/c1-2-3-4-13-24-20(25)18(14-5-7-15(22)8-6-14)19(21(24)26)27-17-11-9-16(23)10-12-17/h5-12H,2-4,13H2,1H3. The molecular weight excluding hydrogens is 401 g/mol. The van der Waals surface area contributed by atoms with E-state index in [1.165, 1.54) is 16.7 Å². The molecule has 0 N–H and O–H groups in total. The maximum Gasteiger partial charge on any atom is 0.268 e. The van der Waals surface area contributed by atoms with Crippen molar-refractivity contribution in [3.8, 4) is 0 Å². The lowest BCUT2D eigenvalue weighted by atomic mass is 10.1. The fourth-order valence-electron chi connectivity index (χ4n) is 2.86. The van der Waals surface area contributed by atoms with Gasteiger partial charge in [-0.25, -0.2) is 0 Å². The van der Waals surface area contributed by atoms with Crippen LogP contribution in [-0.2, 0) is 9.59 Å². The number of carbonyl (C=O) groups excluding carboxylic acids is 2. The number of imide groups is 1. The SMILES string of the molecule is CCCCCN1C(=O)C(Sc2ccc(Cl)cc2)=C(c2ccc(Cl)cc2)C1=O. The Morgan fingerprint density at radius 3 is 2.04 bits per heavy atom. The number of halogens is 2. The zero-order chi connectivity index (χ0) is 19.4. The molecule has 1 aliphatic heterocycles. The summed E-state index contributed by atoms with van der Waals surface area (Å²) in [6.45, 7) is 2.53. The third kappa shape index (κ3) is 4.57. The van der Waals surface area contributed by atoms with Crippen molar-refractivity contribution in [2.75, 3.05) is 6.54 Å². The normalized spacial score (nSPS) is 14.4. The second-order valence-electron chi connectivity index (χ2n) is 6.24. The smallest absolute Gasteiger partial charge is 0.268 e. The molecule has 0 unspecified atom stereocenters. The Kier molecular flexibility index (Phi) is 6.64. The van der Waals surface area contributed by atoms with Crippen LogP contribution in [0, 0.1) is 0 Å². The summed E-state index contributed by atoms with van der Waals surface area (Å²) >= 11 is 13.2. The van der Waals surface area contributed by atoms with Gasteiger partial charge >= 0.3 is 0 Å². The molecule has 0 saturated carbocycles. The van der Waals surface area contributed by atoms with Crippen molar-refractivity contribution in [3.63, 3.8) is 0 Å². The maximum atomic E-state index is 13.0. The fourth-order valence-corrected chi connectivity index (χ4v) is 4.13. The van der Waals surface area contributed by atoms with Gasteiger partial charge in [-0.3, -0.25) is 14.5 Å². The van der Waals surface area contributed by atoms with E-state index in [9.17, 15) is 9.59 Å². The zero-order valence-corrected chi connectivity index (χ0v) is 17.2. The van der Waals surface area contributed by atoms with Gasteiger partial charge in [-0.05, 0) is 48.4 Å². The summed E-state index contributed by atoms with van der Waals surface area (Å²) in [5.41, 5.74) is 1.14. The predicted octanol–water partition coefficient (Wildman–Crippen LogP) is 6.06. The minimum Gasteiger partial charge on any atom is -0.274 e. The third-order valence-corrected chi connectivity index (χ3v) is 5.87. The van der Waals surface area contributed by atoms with Crippen LogP contribution in [-0.4, -0.2) is 23.3 Å². The minimum absolute atomic E-state index is 0.235. The largest absolute Gasteiger partial charge is 0.274 e. The van der Waals surface area contributed by atoms with Crippen molar-refractivity contribution in [2.45, 2.75) is 31.1 Å². The van der Waals surface area contributed by atoms with Gasteiger partial charge in [0.15, 0.2) is 0 Å². The van der Waals surface area contributed by atoms with Crippen molar-refractivity contribution in [1.82, 2.24) is 4.90 Å². The molecule has 0 saturated heterocycles. The summed E-state index contributed by atoms with van der Waals surface area (Å²) in [4.78, 5) is 28.7. The summed E-state index contributed by atoms with van der Waals surface area (Å²) in [6.07, 6.45) is 2.81. The molecule has 1 heterocycles. The Morgan fingerprint density at radius 2 is 1.44 bits per heavy atom. The monoisotopic (exact) mass is 419 g/mol. The first-order valence-corrected chi connectivity index (χ1v) is 10.4. The highest BCUT2D eigenvalue weighted by atomic mass is 35.5. The van der Waals surface area contributed by atoms with Crippen LogP contribution in [0.1, 0.15) is 31.7 Å². The van der Waals surface area contributed by atoms with Crippen molar-refractivity contribution in [2.24, 2.45) is 0 Å². The van der Waals surface area contributed by atoms with E-state index in [1.807, 2.05) is 12.1 Å². The second-order valence-corrected chi connectivity index (χ2v) is 8.19. The molecule has 0 atom stereocenters. The maximum absolute atomic E-state index is 13.0. The number of carbonyl (C=O) groups is 2. The van der Waals surface area contributed by atoms with Gasteiger partial charge in [0.2, 0.25) is 0 Å². The summed E-state index contributed by atoms with van der Waals surface area (Å²) in [6, 6.07) is 14.2. The first-order chi connectivity index (χ1) is 13.0. The summed E-state index contributed by atoms with van der Waals surface area (Å²) in [7, 11) is 0. The van der Waals surface area contributed by atoms with E-state index in [4.69, 9.17) is 23.2 Å². The van der Waals surface area contributed by atoms with E-state index >= 15 is 0 Å². The molecule has 0 aliphatic carbocycles. The van der Waals surface area contributed by atoms with E-state index in [1.54, 1.807) is 36.4 Å². The van der Waals surface area contributed by atoms with E-state index in [0.29, 0.717) is 32.6 Å². The summed E-state index contributed by atoms with van der Waals surface area (Å²) < 4.78 is 0. The number of thioether (sulfide) groups is 1. The molecule has 140 valence electrons. The Labute approximate surface area is 173 Å². The third-order valence-electron chi connectivity index (χ3n) is 4.28. The number of rotatable bonds is 7. The van der Waals surface area contributed by atoms with Crippen LogP contribution in [0.4, 0.5) is 0 Å². The fraction of sp³-hybridized carbons (Fsp3) is 0.238. The second kappa shape index (κ2) is 8.96. The zero-order valence-electron chi connectivity index (χ0n) is 14.9. The van der Waals surface area contributed by atoms with Gasteiger partial charge < -0.3 is 0 Å². The van der Waals surface area contributed by atoms with Gasteiger partial charge in [0.05, 0.1) is 10.5 Å². The van der Waals surface area contributed by atoms with Gasteiger partial charge in [0.1, 0.15) is 0 Å². The number of unbranched alkanes of at least 4 members (excludes halogenated alkanes) is 2. The van der Waals surface area contributed by atoms with Crippen LogP contribution < -0.4 is 0 Å². The van der Waals surface area contributed by atoms with Crippen molar-refractivity contribution in [1.29, 1.82) is 0 Å². The van der Waals surface area contributed by atoms with Crippen LogP contribution in [0.3, 0.4) is 0 Å². The molecule has 0 spiro atoms. The van der Waals surface area contributed by atoms with Gasteiger partial charge in [-0.2, -0.15) is 0 Å². The van der Waals surface area contributed by atoms with Crippen LogP contribution in [0.2, 0.25) is 10.0 Å². The number of benzene rings is 2. The van der Waals surface area contributed by atoms with E-state index in [-0.39, 0.29) is 11.8 Å². The topological polar surface area (TPSA) is 37.4 Å². The van der Waals surface area contributed by atoms with Gasteiger partial charge in [0.25, 0.3) is 11.8 Å². The van der Waals surface area contributed by atoms with E-state index in [0.717, 1.165) is 24.2 Å². The van der Waals surface area contributed by atoms with E-state index < -0.39 is 0 Å². The Balaban J connectivity index is 1.97. The lowest BCUT2D eigenvalue weighted by Crippen LogP contribution is -2.32. The first kappa shape index (κ1) is 20.0. The van der Waals surface area contributed by atoms with Crippen molar-refractivity contribution < 1.29 is 9.59 Å². The van der Waals surface area contributed by atoms with Crippen molar-refractivity contribution >= 4 is 52.4 Å². The van der Waals surface area contributed by atoms with Gasteiger partial charge in [-0.1, -0.05) is 66.9 Å². The molecule has 2 aromatic carbocycles. The van der Waals surface area contributed by atoms with Gasteiger partial charge in [-0.15, -0.1) is 0 Å². The Morgan fingerprint density at radius 1 is 0.852 bits per heavy atom. The highest BCUT2D eigenvalue weighted by Gasteiger charge is 2.39. The number of hydrogen-bond acceptors (Lipinski definition) is 3. The number of amides is 2. The van der Waals surface area contributed by atoms with Crippen LogP contribution in [0.15, 0.2) is 58.3 Å². The quantitative estimate of drug-likeness (QED) is 0.404. The van der Waals surface area contributed by atoms with Crippen LogP contribution >= 0.6 is 35.0 Å². The predicted molar refractivity (Wildman–Crippen MR) is 112 cm³/mol. The Bertz CT molecular complexity index is 876. The molecule has 2 amide bonds. The molecule has 0 fully saturated rings. The van der Waals surface area contributed by atoms with E-state index in [2.05, 4.69) is 6.92 Å². The molecule has 3 nitrogen and oxygen atoms in total. The number of hydrogen-bond donors (Lipinski definition) is 0. The molecular formula is C21H19Cl2NO2S. The average Bonchev–Trinajstić information content (AvgIpc) is 2.89. The molecule has 0 radical (unpaired) electrons. The molecule has 3 rings (SSSR count). The van der Waals surface area contributed by atoms with Gasteiger partial charge in [0, 0.05) is 21.5 Å². The highest BCUT2D eigenvalue weighted by Crippen LogP contribution is 2.40. The highest BCUT2D eigenvalue weighted by molar-refractivity contribution is 8.04. The first-order valence-electron chi connectivity index (χ1n) is 8.81. The summed E-state index contributed by atoms with van der Waals surface area (Å²) in [5.74, 6) is -0.476. The molecule has 1 aliphatic rings.